The maximum atomic E-state index is 11.8. The van der Waals surface area contributed by atoms with E-state index in [1.165, 1.54) is 6.42 Å². The first kappa shape index (κ1) is 14.4. The van der Waals surface area contributed by atoms with Crippen molar-refractivity contribution in [2.75, 3.05) is 12.3 Å². The molecule has 0 bridgehead atoms. The fourth-order valence-corrected chi connectivity index (χ4v) is 1.72. The molecule has 0 saturated carbocycles. The van der Waals surface area contributed by atoms with Crippen LogP contribution in [0.4, 0.5) is 5.69 Å². The van der Waals surface area contributed by atoms with Gasteiger partial charge in [-0.3, -0.25) is 4.79 Å². The molecule has 1 rings (SSSR count). The molecule has 1 aromatic carbocycles. The molecule has 0 saturated heterocycles. The Balaban J connectivity index is 2.39. The highest BCUT2D eigenvalue weighted by atomic mass is 16.3. The van der Waals surface area contributed by atoms with Crippen LogP contribution in [0.2, 0.25) is 0 Å². The van der Waals surface area contributed by atoms with Crippen LogP contribution in [-0.4, -0.2) is 17.6 Å². The number of aromatic hydroxyl groups is 1. The van der Waals surface area contributed by atoms with Crippen molar-refractivity contribution in [2.24, 2.45) is 5.92 Å². The number of hydrogen-bond acceptors (Lipinski definition) is 3. The van der Waals surface area contributed by atoms with Gasteiger partial charge in [0.05, 0.1) is 11.3 Å². The molecule has 4 heteroatoms. The molecule has 0 aliphatic carbocycles. The Morgan fingerprint density at radius 1 is 1.39 bits per heavy atom. The first-order valence-electron chi connectivity index (χ1n) is 6.38. The fourth-order valence-electron chi connectivity index (χ4n) is 1.72. The normalized spacial score (nSPS) is 10.6. The van der Waals surface area contributed by atoms with Gasteiger partial charge in [0.1, 0.15) is 0 Å². The topological polar surface area (TPSA) is 75.4 Å². The molecule has 1 aromatic rings. The molecule has 0 aromatic heterocycles. The van der Waals surface area contributed by atoms with Crippen molar-refractivity contribution < 1.29 is 9.90 Å². The van der Waals surface area contributed by atoms with Crippen LogP contribution in [0, 0.1) is 5.92 Å². The summed E-state index contributed by atoms with van der Waals surface area (Å²) >= 11 is 0. The molecule has 0 fully saturated rings. The quantitative estimate of drug-likeness (QED) is 0.412. The van der Waals surface area contributed by atoms with Crippen LogP contribution in [0.1, 0.15) is 43.5 Å². The number of nitrogens with two attached hydrogens (primary N) is 1. The Bertz CT molecular complexity index is 403. The van der Waals surface area contributed by atoms with Gasteiger partial charge < -0.3 is 16.2 Å². The number of nitrogens with one attached hydrogen (secondary N) is 1. The lowest BCUT2D eigenvalue weighted by molar-refractivity contribution is 0.0950. The van der Waals surface area contributed by atoms with Crippen LogP contribution >= 0.6 is 0 Å². The van der Waals surface area contributed by atoms with Crippen LogP contribution in [0.25, 0.3) is 0 Å². The average Bonchev–Trinajstić information content (AvgIpc) is 2.31. The van der Waals surface area contributed by atoms with Gasteiger partial charge in [-0.05, 0) is 24.5 Å². The van der Waals surface area contributed by atoms with Gasteiger partial charge in [-0.25, -0.2) is 0 Å². The van der Waals surface area contributed by atoms with Gasteiger partial charge in [-0.15, -0.1) is 0 Å². The third-order valence-corrected chi connectivity index (χ3v) is 2.81. The number of benzene rings is 1. The van der Waals surface area contributed by atoms with Gasteiger partial charge >= 0.3 is 0 Å². The van der Waals surface area contributed by atoms with Crippen LogP contribution in [0.15, 0.2) is 18.2 Å². The summed E-state index contributed by atoms with van der Waals surface area (Å²) < 4.78 is 0. The zero-order valence-electron chi connectivity index (χ0n) is 11.1. The first-order valence-corrected chi connectivity index (χ1v) is 6.38. The van der Waals surface area contributed by atoms with E-state index in [0.29, 0.717) is 12.5 Å². The van der Waals surface area contributed by atoms with E-state index in [1.54, 1.807) is 18.2 Å². The Kier molecular flexibility index (Phi) is 5.49. The van der Waals surface area contributed by atoms with Crippen molar-refractivity contribution >= 4 is 11.6 Å². The number of carbonyl (C=O) groups is 1. The highest BCUT2D eigenvalue weighted by Gasteiger charge is 2.11. The van der Waals surface area contributed by atoms with Crippen LogP contribution in [-0.2, 0) is 0 Å². The molecule has 18 heavy (non-hydrogen) atoms. The number of phenols is 1. The second-order valence-electron chi connectivity index (χ2n) is 4.89. The zero-order chi connectivity index (χ0) is 13.5. The lowest BCUT2D eigenvalue weighted by Gasteiger charge is -2.08. The summed E-state index contributed by atoms with van der Waals surface area (Å²) in [5.41, 5.74) is 6.00. The highest BCUT2D eigenvalue weighted by molar-refractivity contribution is 5.98. The van der Waals surface area contributed by atoms with Crippen molar-refractivity contribution in [3.05, 3.63) is 23.8 Å². The molecule has 0 spiro atoms. The van der Waals surface area contributed by atoms with Crippen molar-refractivity contribution in [3.63, 3.8) is 0 Å². The minimum Gasteiger partial charge on any atom is -0.505 e. The van der Waals surface area contributed by atoms with Gasteiger partial charge in [0.25, 0.3) is 5.91 Å². The van der Waals surface area contributed by atoms with Crippen molar-refractivity contribution in [3.8, 4) is 5.75 Å². The number of amides is 1. The number of anilines is 1. The summed E-state index contributed by atoms with van der Waals surface area (Å²) in [6, 6.07) is 4.78. The molecule has 0 heterocycles. The summed E-state index contributed by atoms with van der Waals surface area (Å²) in [7, 11) is 0. The third kappa shape index (κ3) is 4.28. The smallest absolute Gasteiger partial charge is 0.255 e. The predicted molar refractivity (Wildman–Crippen MR) is 73.5 cm³/mol. The number of carbonyl (C=O) groups excluding carboxylic acids is 1. The second kappa shape index (κ2) is 6.89. The van der Waals surface area contributed by atoms with E-state index in [-0.39, 0.29) is 22.9 Å². The van der Waals surface area contributed by atoms with E-state index in [0.717, 1.165) is 12.8 Å². The largest absolute Gasteiger partial charge is 0.505 e. The molecule has 4 nitrogen and oxygen atoms in total. The lowest BCUT2D eigenvalue weighted by atomic mass is 10.1. The molecule has 0 unspecified atom stereocenters. The number of unbranched alkanes of at least 4 members (excludes halogenated alkanes) is 1. The second-order valence-corrected chi connectivity index (χ2v) is 4.89. The average molecular weight is 250 g/mol. The molecular formula is C14H22N2O2. The number of nitrogen functional groups attached to an aromatic ring is 1. The van der Waals surface area contributed by atoms with E-state index in [2.05, 4.69) is 19.2 Å². The van der Waals surface area contributed by atoms with E-state index in [4.69, 9.17) is 5.73 Å². The Hall–Kier alpha value is -1.71. The van der Waals surface area contributed by atoms with Crippen LogP contribution in [0.3, 0.4) is 0 Å². The Labute approximate surface area is 108 Å². The Morgan fingerprint density at radius 3 is 2.78 bits per heavy atom. The monoisotopic (exact) mass is 250 g/mol. The summed E-state index contributed by atoms with van der Waals surface area (Å²) in [6.45, 7) is 4.99. The standard InChI is InChI=1S/C14H22N2O2/c1-10(2)6-3-4-9-16-14(18)11-7-5-8-12(15)13(11)17/h5,7-8,10,17H,3-4,6,9,15H2,1-2H3,(H,16,18). The molecule has 0 atom stereocenters. The number of para-hydroxylation sites is 1. The number of phenolic OH excluding ortho intramolecular Hbond substituents is 1. The molecule has 100 valence electrons. The van der Waals surface area contributed by atoms with Gasteiger partial charge in [-0.2, -0.15) is 0 Å². The summed E-state index contributed by atoms with van der Waals surface area (Å²) in [4.78, 5) is 11.8. The maximum absolute atomic E-state index is 11.8. The molecule has 1 amide bonds. The van der Waals surface area contributed by atoms with Crippen molar-refractivity contribution in [1.82, 2.24) is 5.32 Å². The van der Waals surface area contributed by atoms with E-state index >= 15 is 0 Å². The molecular weight excluding hydrogens is 228 g/mol. The zero-order valence-corrected chi connectivity index (χ0v) is 11.1. The highest BCUT2D eigenvalue weighted by Crippen LogP contribution is 2.24. The number of hydrogen-bond donors (Lipinski definition) is 3. The molecule has 0 aliphatic heterocycles. The Morgan fingerprint density at radius 2 is 2.11 bits per heavy atom. The van der Waals surface area contributed by atoms with Gasteiger partial charge in [-0.1, -0.05) is 32.8 Å². The third-order valence-electron chi connectivity index (χ3n) is 2.81. The predicted octanol–water partition coefficient (Wildman–Crippen LogP) is 2.53. The summed E-state index contributed by atoms with van der Waals surface area (Å²) in [5.74, 6) is 0.278. The maximum Gasteiger partial charge on any atom is 0.255 e. The lowest BCUT2D eigenvalue weighted by Crippen LogP contribution is -2.24. The minimum atomic E-state index is -0.274. The van der Waals surface area contributed by atoms with Gasteiger partial charge in [0.2, 0.25) is 0 Å². The van der Waals surface area contributed by atoms with Crippen molar-refractivity contribution in [2.45, 2.75) is 33.1 Å². The SMILES string of the molecule is CC(C)CCCCNC(=O)c1cccc(N)c1O. The van der Waals surface area contributed by atoms with Gasteiger partial charge in [0, 0.05) is 6.54 Å². The van der Waals surface area contributed by atoms with Crippen molar-refractivity contribution in [1.29, 1.82) is 0 Å². The first-order chi connectivity index (χ1) is 8.52. The van der Waals surface area contributed by atoms with Crippen LogP contribution in [0.5, 0.6) is 5.75 Å². The number of rotatable bonds is 6. The minimum absolute atomic E-state index is 0.141. The molecule has 4 N–H and O–H groups in total. The molecule has 0 aliphatic rings. The van der Waals surface area contributed by atoms with Gasteiger partial charge in [0.15, 0.2) is 5.75 Å². The van der Waals surface area contributed by atoms with Crippen LogP contribution < -0.4 is 11.1 Å². The van der Waals surface area contributed by atoms with E-state index in [1.807, 2.05) is 0 Å². The van der Waals surface area contributed by atoms with E-state index in [9.17, 15) is 9.90 Å². The molecule has 0 radical (unpaired) electrons. The summed E-state index contributed by atoms with van der Waals surface area (Å²) in [5, 5.41) is 12.4. The van der Waals surface area contributed by atoms with E-state index < -0.39 is 0 Å². The summed E-state index contributed by atoms with van der Waals surface area (Å²) in [6.07, 6.45) is 3.22. The fraction of sp³-hybridized carbons (Fsp3) is 0.500.